The first-order valence-electron chi connectivity index (χ1n) is 8.24. The molecule has 2 rings (SSSR count). The normalized spacial score (nSPS) is 11.6. The quantitative estimate of drug-likeness (QED) is 0.635. The zero-order valence-electron chi connectivity index (χ0n) is 15.0. The van der Waals surface area contributed by atoms with Crippen LogP contribution in [0.4, 0.5) is 5.69 Å². The Morgan fingerprint density at radius 2 is 1.76 bits per heavy atom. The van der Waals surface area contributed by atoms with E-state index in [9.17, 15) is 8.42 Å². The highest BCUT2D eigenvalue weighted by molar-refractivity contribution is 9.10. The van der Waals surface area contributed by atoms with Crippen LogP contribution in [0.2, 0.25) is 0 Å². The van der Waals surface area contributed by atoms with Gasteiger partial charge in [0.05, 0.1) is 22.2 Å². The topological polar surface area (TPSA) is 46.6 Å². The number of aryl methyl sites for hydroxylation is 1. The Morgan fingerprint density at radius 1 is 1.12 bits per heavy atom. The lowest BCUT2D eigenvalue weighted by atomic mass is 10.1. The van der Waals surface area contributed by atoms with Gasteiger partial charge >= 0.3 is 0 Å². The SMILES string of the molecule is CCc1ccc(N(CC(C)C)S(=O)(=O)c2ccc(OC)c(Br)c2)cc1. The van der Waals surface area contributed by atoms with Crippen LogP contribution in [0.3, 0.4) is 0 Å². The van der Waals surface area contributed by atoms with Crippen LogP contribution in [0.25, 0.3) is 0 Å². The van der Waals surface area contributed by atoms with Crippen molar-refractivity contribution in [1.82, 2.24) is 0 Å². The van der Waals surface area contributed by atoms with Crippen LogP contribution in [0.15, 0.2) is 51.8 Å². The van der Waals surface area contributed by atoms with E-state index in [0.29, 0.717) is 22.5 Å². The maximum absolute atomic E-state index is 13.2. The largest absolute Gasteiger partial charge is 0.496 e. The Morgan fingerprint density at radius 3 is 2.24 bits per heavy atom. The molecule has 0 aliphatic heterocycles. The summed E-state index contributed by atoms with van der Waals surface area (Å²) in [6, 6.07) is 12.5. The van der Waals surface area contributed by atoms with Crippen LogP contribution in [0, 0.1) is 5.92 Å². The van der Waals surface area contributed by atoms with Crippen LogP contribution >= 0.6 is 15.9 Å². The average molecular weight is 426 g/mol. The van der Waals surface area contributed by atoms with Gasteiger partial charge in [0.1, 0.15) is 5.75 Å². The predicted octanol–water partition coefficient (Wildman–Crippen LogP) is 4.87. The molecule has 0 unspecified atom stereocenters. The Labute approximate surface area is 159 Å². The van der Waals surface area contributed by atoms with E-state index < -0.39 is 10.0 Å². The molecule has 0 fully saturated rings. The van der Waals surface area contributed by atoms with Crippen molar-refractivity contribution >= 4 is 31.6 Å². The zero-order chi connectivity index (χ0) is 18.6. The summed E-state index contributed by atoms with van der Waals surface area (Å²) in [5, 5.41) is 0. The highest BCUT2D eigenvalue weighted by Crippen LogP contribution is 2.31. The molecular formula is C19H24BrNO3S. The molecule has 0 saturated carbocycles. The van der Waals surface area contributed by atoms with Crippen molar-refractivity contribution in [2.45, 2.75) is 32.1 Å². The Kier molecular flexibility index (Phi) is 6.52. The van der Waals surface area contributed by atoms with E-state index >= 15 is 0 Å². The second kappa shape index (κ2) is 8.23. The van der Waals surface area contributed by atoms with Gasteiger partial charge in [-0.05, 0) is 64.2 Å². The summed E-state index contributed by atoms with van der Waals surface area (Å²) in [5.41, 5.74) is 1.86. The molecule has 0 bridgehead atoms. The van der Waals surface area contributed by atoms with E-state index in [1.165, 1.54) is 9.87 Å². The van der Waals surface area contributed by atoms with Crippen LogP contribution in [-0.4, -0.2) is 22.1 Å². The van der Waals surface area contributed by atoms with E-state index in [2.05, 4.69) is 22.9 Å². The minimum Gasteiger partial charge on any atom is -0.496 e. The standard InChI is InChI=1S/C19H24BrNO3S/c1-5-15-6-8-16(9-7-15)21(13-14(2)3)25(22,23)17-10-11-19(24-4)18(20)12-17/h6-12,14H,5,13H2,1-4H3. The lowest BCUT2D eigenvalue weighted by Crippen LogP contribution is -2.34. The number of anilines is 1. The first-order chi connectivity index (χ1) is 11.8. The highest BCUT2D eigenvalue weighted by atomic mass is 79.9. The van der Waals surface area contributed by atoms with Crippen molar-refractivity contribution < 1.29 is 13.2 Å². The summed E-state index contributed by atoms with van der Waals surface area (Å²) in [7, 11) is -2.12. The van der Waals surface area contributed by atoms with Crippen molar-refractivity contribution in [2.24, 2.45) is 5.92 Å². The van der Waals surface area contributed by atoms with Gasteiger partial charge < -0.3 is 4.74 Å². The molecule has 2 aromatic rings. The summed E-state index contributed by atoms with van der Waals surface area (Å²) in [4.78, 5) is 0.236. The molecule has 136 valence electrons. The molecule has 0 aromatic heterocycles. The fraction of sp³-hybridized carbons (Fsp3) is 0.368. The van der Waals surface area contributed by atoms with Crippen molar-refractivity contribution in [2.75, 3.05) is 18.0 Å². The van der Waals surface area contributed by atoms with E-state index in [4.69, 9.17) is 4.74 Å². The van der Waals surface area contributed by atoms with Gasteiger partial charge in [0, 0.05) is 6.54 Å². The van der Waals surface area contributed by atoms with Gasteiger partial charge in [-0.15, -0.1) is 0 Å². The number of ether oxygens (including phenoxy) is 1. The number of rotatable bonds is 7. The van der Waals surface area contributed by atoms with Gasteiger partial charge in [0.25, 0.3) is 10.0 Å². The van der Waals surface area contributed by atoms with Gasteiger partial charge in [-0.1, -0.05) is 32.9 Å². The van der Waals surface area contributed by atoms with Crippen molar-refractivity contribution in [3.05, 3.63) is 52.5 Å². The summed E-state index contributed by atoms with van der Waals surface area (Å²) < 4.78 is 33.8. The third-order valence-corrected chi connectivity index (χ3v) is 6.28. The number of sulfonamides is 1. The van der Waals surface area contributed by atoms with Crippen molar-refractivity contribution in [3.63, 3.8) is 0 Å². The third kappa shape index (κ3) is 4.55. The Hall–Kier alpha value is -1.53. The molecule has 0 aliphatic rings. The maximum Gasteiger partial charge on any atom is 0.264 e. The van der Waals surface area contributed by atoms with Crippen LogP contribution in [0.5, 0.6) is 5.75 Å². The van der Waals surface area contributed by atoms with Gasteiger partial charge in [0.15, 0.2) is 0 Å². The summed E-state index contributed by atoms with van der Waals surface area (Å²) in [6.07, 6.45) is 0.919. The van der Waals surface area contributed by atoms with E-state index in [1.54, 1.807) is 25.3 Å². The number of benzene rings is 2. The Bertz CT molecular complexity index is 817. The molecule has 6 heteroatoms. The molecule has 2 aromatic carbocycles. The van der Waals surface area contributed by atoms with Gasteiger partial charge in [-0.2, -0.15) is 0 Å². The Balaban J connectivity index is 2.49. The third-order valence-electron chi connectivity index (χ3n) is 3.87. The fourth-order valence-electron chi connectivity index (χ4n) is 2.51. The molecule has 0 radical (unpaired) electrons. The van der Waals surface area contributed by atoms with E-state index in [-0.39, 0.29) is 10.8 Å². The average Bonchev–Trinajstić information content (AvgIpc) is 2.59. The molecule has 0 heterocycles. The van der Waals surface area contributed by atoms with Gasteiger partial charge in [-0.25, -0.2) is 8.42 Å². The first-order valence-corrected chi connectivity index (χ1v) is 10.5. The highest BCUT2D eigenvalue weighted by Gasteiger charge is 2.26. The smallest absolute Gasteiger partial charge is 0.264 e. The summed E-state index contributed by atoms with van der Waals surface area (Å²) in [5.74, 6) is 0.795. The predicted molar refractivity (Wildman–Crippen MR) is 106 cm³/mol. The number of halogens is 1. The van der Waals surface area contributed by atoms with Crippen molar-refractivity contribution in [3.8, 4) is 5.75 Å². The van der Waals surface area contributed by atoms with Crippen molar-refractivity contribution in [1.29, 1.82) is 0 Å². The summed E-state index contributed by atoms with van der Waals surface area (Å²) in [6.45, 7) is 6.50. The lowest BCUT2D eigenvalue weighted by Gasteiger charge is -2.26. The van der Waals surface area contributed by atoms with Gasteiger partial charge in [-0.3, -0.25) is 4.31 Å². The van der Waals surface area contributed by atoms with Crippen LogP contribution < -0.4 is 9.04 Å². The van der Waals surface area contributed by atoms with Crippen LogP contribution in [0.1, 0.15) is 26.3 Å². The molecular weight excluding hydrogens is 402 g/mol. The number of hydrogen-bond donors (Lipinski definition) is 0. The minimum atomic E-state index is -3.67. The van der Waals surface area contributed by atoms with Gasteiger partial charge in [0.2, 0.25) is 0 Å². The van der Waals surface area contributed by atoms with E-state index in [1.807, 2.05) is 38.1 Å². The molecule has 25 heavy (non-hydrogen) atoms. The molecule has 0 amide bonds. The van der Waals surface area contributed by atoms with Crippen LogP contribution in [-0.2, 0) is 16.4 Å². The molecule has 0 spiro atoms. The second-order valence-corrected chi connectivity index (χ2v) is 8.96. The monoisotopic (exact) mass is 425 g/mol. The number of nitrogens with zero attached hydrogens (tertiary/aromatic N) is 1. The number of methoxy groups -OCH3 is 1. The molecule has 0 atom stereocenters. The molecule has 0 N–H and O–H groups in total. The molecule has 4 nitrogen and oxygen atoms in total. The molecule has 0 saturated heterocycles. The van der Waals surface area contributed by atoms with E-state index in [0.717, 1.165) is 6.42 Å². The molecule has 0 aliphatic carbocycles. The lowest BCUT2D eigenvalue weighted by molar-refractivity contribution is 0.411. The maximum atomic E-state index is 13.2. The fourth-order valence-corrected chi connectivity index (χ4v) is 4.85. The zero-order valence-corrected chi connectivity index (χ0v) is 17.4. The minimum absolute atomic E-state index is 0.197. The second-order valence-electron chi connectivity index (χ2n) is 6.25. The first kappa shape index (κ1) is 19.8. The number of hydrogen-bond acceptors (Lipinski definition) is 3. The summed E-state index contributed by atoms with van der Waals surface area (Å²) >= 11 is 3.37.